The van der Waals surface area contributed by atoms with E-state index < -0.39 is 69.0 Å². The standard InChI is InChI=1S/C11H14NO9P.2C5H11NO2/c13-8-7(5-20-22(17,18)19)21-10(9(8)14)12-3-1-2-6(4-12)11(15)16;2*1-3(2)4(6)5(7)8/h1-4,7-10,13-14H,5H2,(H2-,15,16,17,18,19);2*3-4H,6H2,1-2H3,(H,7,8)/t7-,8-,9-,10-;2*4-/m100/s1. The lowest BCUT2D eigenvalue weighted by Gasteiger charge is -2.30. The summed E-state index contributed by atoms with van der Waals surface area (Å²) in [6.45, 7) is 6.59. The van der Waals surface area contributed by atoms with Crippen LogP contribution in [0, 0.1) is 11.8 Å². The number of aromatic carboxylic acids is 1. The van der Waals surface area contributed by atoms with Gasteiger partial charge >= 0.3 is 11.9 Å². The minimum Gasteiger partial charge on any atom is -0.790 e. The van der Waals surface area contributed by atoms with Gasteiger partial charge in [0.05, 0.1) is 26.0 Å². The number of carboxylic acids is 3. The van der Waals surface area contributed by atoms with Gasteiger partial charge in [-0.2, -0.15) is 4.57 Å². The summed E-state index contributed by atoms with van der Waals surface area (Å²) in [6.07, 6.45) is -2.95. The fourth-order valence-electron chi connectivity index (χ4n) is 2.62. The van der Waals surface area contributed by atoms with E-state index in [1.165, 1.54) is 22.9 Å². The van der Waals surface area contributed by atoms with Gasteiger partial charge in [-0.25, -0.2) is 9.59 Å². The first-order valence-corrected chi connectivity index (χ1v) is 12.8. The van der Waals surface area contributed by atoms with Crippen LogP contribution in [0.15, 0.2) is 24.5 Å². The van der Waals surface area contributed by atoms with Crippen molar-refractivity contribution >= 4 is 25.7 Å². The molecule has 1 fully saturated rings. The van der Waals surface area contributed by atoms with E-state index in [4.69, 9.17) is 14.9 Å². The molecule has 0 spiro atoms. The quantitative estimate of drug-likeness (QED) is 0.120. The molecule has 1 aliphatic heterocycles. The molecule has 16 nitrogen and oxygen atoms in total. The zero-order chi connectivity index (χ0) is 30.0. The summed E-state index contributed by atoms with van der Waals surface area (Å²) >= 11 is 0. The number of aliphatic carboxylic acids is 2. The lowest BCUT2D eigenvalue weighted by atomic mass is 10.1. The molecule has 1 aliphatic rings. The summed E-state index contributed by atoms with van der Waals surface area (Å²) in [4.78, 5) is 51.8. The number of phosphoric ester groups is 1. The Kier molecular flexibility index (Phi) is 14.7. The van der Waals surface area contributed by atoms with Crippen molar-refractivity contribution in [2.45, 2.75) is 64.3 Å². The molecule has 0 aromatic carbocycles. The number of carboxylic acid groups (broad SMARTS) is 3. The number of rotatable bonds is 9. The number of nitrogens with zero attached hydrogens (tertiary/aromatic N) is 1. The minimum atomic E-state index is -5.24. The molecule has 1 aromatic heterocycles. The van der Waals surface area contributed by atoms with Gasteiger partial charge in [-0.05, 0) is 6.07 Å². The molecule has 2 rings (SSSR count). The molecular weight excluding hydrogens is 533 g/mol. The van der Waals surface area contributed by atoms with Crippen molar-refractivity contribution < 1.29 is 79.6 Å². The molecule has 0 saturated carbocycles. The van der Waals surface area contributed by atoms with E-state index in [9.17, 15) is 44.1 Å². The van der Waals surface area contributed by atoms with E-state index in [0.29, 0.717) is 0 Å². The zero-order valence-corrected chi connectivity index (χ0v) is 22.3. The van der Waals surface area contributed by atoms with Crippen LogP contribution in [0.4, 0.5) is 0 Å². The monoisotopic (exact) mass is 569 g/mol. The Balaban J connectivity index is 0.000000705. The van der Waals surface area contributed by atoms with Crippen LogP contribution in [0.2, 0.25) is 0 Å². The zero-order valence-electron chi connectivity index (χ0n) is 21.4. The first-order valence-electron chi connectivity index (χ1n) is 11.3. The highest BCUT2D eigenvalue weighted by Gasteiger charge is 2.48. The highest BCUT2D eigenvalue weighted by molar-refractivity contribution is 7.43. The molecule has 218 valence electrons. The van der Waals surface area contributed by atoms with Crippen molar-refractivity contribution in [2.75, 3.05) is 6.61 Å². The number of carbonyl (C=O) groups excluding carboxylic acids is 1. The lowest BCUT2D eigenvalue weighted by molar-refractivity contribution is -0.765. The number of hydrogen-bond acceptors (Lipinski definition) is 11. The highest BCUT2D eigenvalue weighted by atomic mass is 31.2. The topological polar surface area (TPSA) is 296 Å². The number of pyridine rings is 1. The van der Waals surface area contributed by atoms with Crippen molar-refractivity contribution in [2.24, 2.45) is 11.8 Å². The van der Waals surface area contributed by atoms with Crippen molar-refractivity contribution in [3.8, 4) is 0 Å². The number of aliphatic hydroxyl groups is 2. The third kappa shape index (κ3) is 12.3. The van der Waals surface area contributed by atoms with Crippen molar-refractivity contribution in [1.82, 2.24) is 0 Å². The van der Waals surface area contributed by atoms with Gasteiger partial charge in [0.2, 0.25) is 0 Å². The lowest BCUT2D eigenvalue weighted by Crippen LogP contribution is -2.67. The Hall–Kier alpha value is -2.53. The van der Waals surface area contributed by atoms with Gasteiger partial charge in [0.1, 0.15) is 12.2 Å². The predicted octanol–water partition coefficient (Wildman–Crippen LogP) is -5.52. The average molecular weight is 570 g/mol. The smallest absolute Gasteiger partial charge is 0.362 e. The van der Waals surface area contributed by atoms with Gasteiger partial charge in [0.15, 0.2) is 30.6 Å². The van der Waals surface area contributed by atoms with Crippen LogP contribution in [-0.4, -0.2) is 75.3 Å². The van der Waals surface area contributed by atoms with E-state index >= 15 is 0 Å². The SMILES string of the molecule is CC(C)[C@H]([NH3+])C(=O)O.CC(C)[C@H]([NH3+])C(=O)O.O=C([O-])c1ccc[n+]([C@@H]2O[C@H](COP(=O)([O-])[O-])[C@@H](O)[C@H]2O)c1. The third-order valence-corrected chi connectivity index (χ3v) is 5.79. The number of phosphoric acid groups is 1. The van der Waals surface area contributed by atoms with Crippen LogP contribution >= 0.6 is 7.82 Å². The maximum Gasteiger partial charge on any atom is 0.362 e. The van der Waals surface area contributed by atoms with E-state index in [0.717, 1.165) is 6.20 Å². The minimum absolute atomic E-state index is 0.132. The predicted molar refractivity (Wildman–Crippen MR) is 119 cm³/mol. The van der Waals surface area contributed by atoms with Crippen LogP contribution < -0.4 is 30.9 Å². The highest BCUT2D eigenvalue weighted by Crippen LogP contribution is 2.30. The number of ether oxygens (including phenoxy) is 1. The van der Waals surface area contributed by atoms with Gasteiger partial charge < -0.3 is 65.4 Å². The molecule has 2 heterocycles. The van der Waals surface area contributed by atoms with Gasteiger partial charge in [-0.1, -0.05) is 27.7 Å². The largest absolute Gasteiger partial charge is 0.790 e. The maximum absolute atomic E-state index is 10.8. The molecule has 17 heteroatoms. The van der Waals surface area contributed by atoms with E-state index in [1.54, 1.807) is 0 Å². The fraction of sp³-hybridized carbons (Fsp3) is 0.619. The molecule has 0 radical (unpaired) electrons. The molecule has 0 bridgehead atoms. The molecule has 1 aromatic rings. The average Bonchev–Trinajstić information content (AvgIpc) is 3.10. The molecule has 0 amide bonds. The Morgan fingerprint density at radius 1 is 1.05 bits per heavy atom. The van der Waals surface area contributed by atoms with E-state index in [1.807, 2.05) is 27.7 Å². The number of aliphatic hydroxyl groups excluding tert-OH is 2. The van der Waals surface area contributed by atoms with Crippen molar-refractivity contribution in [3.05, 3.63) is 30.1 Å². The van der Waals surface area contributed by atoms with Crippen LogP contribution in [0.5, 0.6) is 0 Å². The molecule has 0 unspecified atom stereocenters. The third-order valence-electron chi connectivity index (χ3n) is 5.33. The van der Waals surface area contributed by atoms with Gasteiger partial charge in [0.25, 0.3) is 6.23 Å². The first kappa shape index (κ1) is 35.5. The van der Waals surface area contributed by atoms with E-state index in [2.05, 4.69) is 16.0 Å². The number of quaternary nitrogens is 2. The van der Waals surface area contributed by atoms with Crippen LogP contribution in [-0.2, 0) is 23.4 Å². The van der Waals surface area contributed by atoms with Crippen LogP contribution in [0.3, 0.4) is 0 Å². The van der Waals surface area contributed by atoms with Gasteiger partial charge in [0, 0.05) is 17.9 Å². The van der Waals surface area contributed by atoms with Crippen molar-refractivity contribution in [3.63, 3.8) is 0 Å². The molecule has 0 aliphatic carbocycles. The van der Waals surface area contributed by atoms with Gasteiger partial charge in [-0.15, -0.1) is 0 Å². The molecule has 1 saturated heterocycles. The molecule has 10 N–H and O–H groups in total. The maximum atomic E-state index is 10.8. The number of hydrogen-bond donors (Lipinski definition) is 6. The van der Waals surface area contributed by atoms with Gasteiger partial charge in [-0.3, -0.25) is 0 Å². The second kappa shape index (κ2) is 15.8. The number of carbonyl (C=O) groups is 3. The van der Waals surface area contributed by atoms with E-state index in [-0.39, 0.29) is 17.4 Å². The Morgan fingerprint density at radius 2 is 1.53 bits per heavy atom. The first-order chi connectivity index (χ1) is 17.3. The molecular formula is C21H36N3O13P. The summed E-state index contributed by atoms with van der Waals surface area (Å²) in [7, 11) is -5.24. The number of aromatic nitrogens is 1. The van der Waals surface area contributed by atoms with Crippen LogP contribution in [0.25, 0.3) is 0 Å². The molecule has 38 heavy (non-hydrogen) atoms. The second-order valence-electron chi connectivity index (χ2n) is 8.99. The molecule has 6 atom stereocenters. The normalized spacial score (nSPS) is 22.5. The summed E-state index contributed by atoms with van der Waals surface area (Å²) in [5, 5.41) is 47.0. The summed E-state index contributed by atoms with van der Waals surface area (Å²) < 4.78 is 20.8. The summed E-state index contributed by atoms with van der Waals surface area (Å²) in [5.74, 6) is -2.82. The van der Waals surface area contributed by atoms with Crippen LogP contribution in [0.1, 0.15) is 44.3 Å². The second-order valence-corrected chi connectivity index (χ2v) is 10.1. The summed E-state index contributed by atoms with van der Waals surface area (Å²) in [5.41, 5.74) is 6.69. The van der Waals surface area contributed by atoms with Crippen molar-refractivity contribution in [1.29, 1.82) is 0 Å². The summed E-state index contributed by atoms with van der Waals surface area (Å²) in [6, 6.07) is 1.70. The Bertz CT molecular complexity index is 947. The Morgan fingerprint density at radius 3 is 1.87 bits per heavy atom. The fourth-order valence-corrected chi connectivity index (χ4v) is 2.95. The Labute approximate surface area is 218 Å².